The molecule has 3 N–H and O–H groups in total. The van der Waals surface area contributed by atoms with Crippen molar-refractivity contribution in [1.29, 1.82) is 0 Å². The Morgan fingerprint density at radius 1 is 1.11 bits per heavy atom. The number of aromatic nitrogens is 2. The third kappa shape index (κ3) is 4.24. The number of ether oxygens (including phenoxy) is 1. The van der Waals surface area contributed by atoms with E-state index in [2.05, 4.69) is 14.7 Å². The van der Waals surface area contributed by atoms with Crippen LogP contribution < -0.4 is 10.5 Å². The number of benzene rings is 1. The number of hydrogen-bond donors (Lipinski definition) is 2. The highest BCUT2D eigenvalue weighted by Gasteiger charge is 2.31. The highest BCUT2D eigenvalue weighted by atomic mass is 32.2. The van der Waals surface area contributed by atoms with Crippen LogP contribution in [0.3, 0.4) is 0 Å². The number of thiazole rings is 1. The number of aliphatic hydroxyl groups excluding tert-OH is 1. The molecule has 0 saturated heterocycles. The third-order valence-electron chi connectivity index (χ3n) is 3.48. The average Bonchev–Trinajstić information content (AvgIpc) is 3.09. The second-order valence-electron chi connectivity index (χ2n) is 5.42. The second-order valence-corrected chi connectivity index (χ2v) is 8.49. The number of sulfone groups is 1. The monoisotopic (exact) mass is 431 g/mol. The van der Waals surface area contributed by atoms with Crippen LogP contribution in [0.1, 0.15) is 4.88 Å². The zero-order valence-electron chi connectivity index (χ0n) is 13.8. The summed E-state index contributed by atoms with van der Waals surface area (Å²) in [5, 5.41) is 9.51. The van der Waals surface area contributed by atoms with Gasteiger partial charge in [0.1, 0.15) is 16.5 Å². The number of aliphatic hydroxyl groups is 1. The van der Waals surface area contributed by atoms with Gasteiger partial charge in [0.05, 0.1) is 27.0 Å². The van der Waals surface area contributed by atoms with Crippen molar-refractivity contribution < 1.29 is 31.4 Å². The lowest BCUT2D eigenvalue weighted by molar-refractivity contribution is -0.274. The van der Waals surface area contributed by atoms with Crippen molar-refractivity contribution >= 4 is 26.9 Å². The maximum Gasteiger partial charge on any atom is 0.573 e. The summed E-state index contributed by atoms with van der Waals surface area (Å²) in [6.45, 7) is -0.196. The fraction of sp³-hybridized carbons (Fsp3) is 0.125. The standard InChI is InChI=1S/C16H12F3N3O4S2/c17-16(18,19)26-9-1-3-11(4-2-9)28(24,25)12-5-13(20)14(21-7-12)15-22-6-10(8-23)27-15/h1-7,23H,8,20H2. The predicted octanol–water partition coefficient (Wildman–Crippen LogP) is 3.01. The lowest BCUT2D eigenvalue weighted by Crippen LogP contribution is -2.17. The minimum absolute atomic E-state index is 0.0527. The zero-order valence-corrected chi connectivity index (χ0v) is 15.5. The lowest BCUT2D eigenvalue weighted by atomic mass is 10.3. The van der Waals surface area contributed by atoms with Crippen molar-refractivity contribution in [1.82, 2.24) is 9.97 Å². The lowest BCUT2D eigenvalue weighted by Gasteiger charge is -2.10. The van der Waals surface area contributed by atoms with Crippen LogP contribution in [0.4, 0.5) is 18.9 Å². The average molecular weight is 431 g/mol. The van der Waals surface area contributed by atoms with E-state index in [0.717, 1.165) is 41.8 Å². The number of nitrogen functional groups attached to an aromatic ring is 1. The summed E-state index contributed by atoms with van der Waals surface area (Å²) in [4.78, 5) is 8.23. The Bertz CT molecular complexity index is 1100. The van der Waals surface area contributed by atoms with Gasteiger partial charge in [-0.1, -0.05) is 0 Å². The van der Waals surface area contributed by atoms with Crippen molar-refractivity contribution in [2.45, 2.75) is 22.8 Å². The van der Waals surface area contributed by atoms with Gasteiger partial charge in [-0.05, 0) is 30.3 Å². The van der Waals surface area contributed by atoms with Crippen LogP contribution in [-0.4, -0.2) is 29.9 Å². The Kier molecular flexibility index (Phi) is 5.28. The molecule has 0 saturated carbocycles. The summed E-state index contributed by atoms with van der Waals surface area (Å²) in [7, 11) is -4.06. The predicted molar refractivity (Wildman–Crippen MR) is 94.3 cm³/mol. The molecule has 0 fully saturated rings. The molecular formula is C16H12F3N3O4S2. The molecule has 7 nitrogen and oxygen atoms in total. The number of rotatable bonds is 5. The summed E-state index contributed by atoms with van der Waals surface area (Å²) in [5.74, 6) is -0.539. The minimum Gasteiger partial charge on any atom is -0.406 e. The van der Waals surface area contributed by atoms with Gasteiger partial charge in [-0.2, -0.15) is 0 Å². The van der Waals surface area contributed by atoms with E-state index in [0.29, 0.717) is 9.88 Å². The summed E-state index contributed by atoms with van der Waals surface area (Å²) >= 11 is 1.16. The SMILES string of the molecule is Nc1cc(S(=O)(=O)c2ccc(OC(F)(F)F)cc2)cnc1-c1ncc(CO)s1. The fourth-order valence-corrected chi connectivity index (χ4v) is 4.26. The van der Waals surface area contributed by atoms with Crippen molar-refractivity contribution in [2.24, 2.45) is 0 Å². The minimum atomic E-state index is -4.87. The quantitative estimate of drug-likeness (QED) is 0.638. The first-order chi connectivity index (χ1) is 13.1. The number of hydrogen-bond acceptors (Lipinski definition) is 8. The van der Waals surface area contributed by atoms with Gasteiger partial charge in [0.2, 0.25) is 9.84 Å². The Hall–Kier alpha value is -2.70. The molecule has 148 valence electrons. The molecule has 1 aromatic carbocycles. The Morgan fingerprint density at radius 2 is 1.79 bits per heavy atom. The molecule has 0 radical (unpaired) electrons. The van der Waals surface area contributed by atoms with Crippen LogP contribution in [0.15, 0.2) is 52.5 Å². The van der Waals surface area contributed by atoms with Gasteiger partial charge >= 0.3 is 6.36 Å². The van der Waals surface area contributed by atoms with E-state index in [1.807, 2.05) is 0 Å². The summed E-state index contributed by atoms with van der Waals surface area (Å²) < 4.78 is 65.7. The van der Waals surface area contributed by atoms with Gasteiger partial charge in [0.15, 0.2) is 0 Å². The van der Waals surface area contributed by atoms with Gasteiger partial charge in [-0.15, -0.1) is 24.5 Å². The zero-order chi connectivity index (χ0) is 20.5. The largest absolute Gasteiger partial charge is 0.573 e. The first kappa shape index (κ1) is 20.0. The number of nitrogens with two attached hydrogens (primary N) is 1. The molecule has 12 heteroatoms. The van der Waals surface area contributed by atoms with Crippen LogP contribution in [0.2, 0.25) is 0 Å². The van der Waals surface area contributed by atoms with E-state index >= 15 is 0 Å². The number of halogens is 3. The number of alkyl halides is 3. The molecule has 28 heavy (non-hydrogen) atoms. The van der Waals surface area contributed by atoms with Crippen molar-refractivity contribution in [3.8, 4) is 16.5 Å². The molecule has 0 amide bonds. The first-order valence-electron chi connectivity index (χ1n) is 7.52. The number of anilines is 1. The van der Waals surface area contributed by atoms with Crippen LogP contribution in [-0.2, 0) is 16.4 Å². The molecule has 2 heterocycles. The highest BCUT2D eigenvalue weighted by molar-refractivity contribution is 7.91. The summed E-state index contributed by atoms with van der Waals surface area (Å²) in [6.07, 6.45) is -2.34. The van der Waals surface area contributed by atoms with E-state index < -0.39 is 21.9 Å². The molecule has 0 aliphatic heterocycles. The van der Waals surface area contributed by atoms with Crippen molar-refractivity contribution in [3.63, 3.8) is 0 Å². The number of nitrogens with zero attached hydrogens (tertiary/aromatic N) is 2. The van der Waals surface area contributed by atoms with E-state index in [1.54, 1.807) is 0 Å². The van der Waals surface area contributed by atoms with Crippen molar-refractivity contribution in [2.75, 3.05) is 5.73 Å². The van der Waals surface area contributed by atoms with Crippen LogP contribution >= 0.6 is 11.3 Å². The van der Waals surface area contributed by atoms with E-state index in [-0.39, 0.29) is 27.8 Å². The fourth-order valence-electron chi connectivity index (χ4n) is 2.23. The Balaban J connectivity index is 1.90. The first-order valence-corrected chi connectivity index (χ1v) is 9.82. The second kappa shape index (κ2) is 7.37. The Morgan fingerprint density at radius 3 is 2.32 bits per heavy atom. The maximum absolute atomic E-state index is 12.7. The topological polar surface area (TPSA) is 115 Å². The van der Waals surface area contributed by atoms with Crippen LogP contribution in [0.25, 0.3) is 10.7 Å². The molecular weight excluding hydrogens is 419 g/mol. The molecule has 0 bridgehead atoms. The smallest absolute Gasteiger partial charge is 0.406 e. The van der Waals surface area contributed by atoms with E-state index in [9.17, 15) is 21.6 Å². The molecule has 0 unspecified atom stereocenters. The van der Waals surface area contributed by atoms with Gasteiger partial charge < -0.3 is 15.6 Å². The normalized spacial score (nSPS) is 12.1. The van der Waals surface area contributed by atoms with E-state index in [1.165, 1.54) is 12.3 Å². The number of pyridine rings is 1. The third-order valence-corrected chi connectivity index (χ3v) is 6.21. The molecule has 0 aliphatic carbocycles. The van der Waals surface area contributed by atoms with Gasteiger partial charge in [0.25, 0.3) is 0 Å². The van der Waals surface area contributed by atoms with Gasteiger partial charge in [-0.25, -0.2) is 13.4 Å². The molecule has 2 aromatic heterocycles. The molecule has 3 aromatic rings. The molecule has 0 atom stereocenters. The summed E-state index contributed by atoms with van der Waals surface area (Å²) in [5.41, 5.74) is 6.22. The van der Waals surface area contributed by atoms with Crippen LogP contribution in [0.5, 0.6) is 5.75 Å². The Labute approximate surface area is 161 Å². The van der Waals surface area contributed by atoms with Crippen molar-refractivity contribution in [3.05, 3.63) is 47.6 Å². The maximum atomic E-state index is 12.7. The van der Waals surface area contributed by atoms with Gasteiger partial charge in [0, 0.05) is 12.4 Å². The van der Waals surface area contributed by atoms with Crippen LogP contribution in [0, 0.1) is 0 Å². The van der Waals surface area contributed by atoms with E-state index in [4.69, 9.17) is 10.8 Å². The van der Waals surface area contributed by atoms with Gasteiger partial charge in [-0.3, -0.25) is 4.98 Å². The summed E-state index contributed by atoms with van der Waals surface area (Å²) in [6, 6.07) is 4.98. The molecule has 3 rings (SSSR count). The molecule has 0 spiro atoms. The highest BCUT2D eigenvalue weighted by Crippen LogP contribution is 2.31. The molecule has 0 aliphatic rings.